The molecule has 0 saturated heterocycles. The number of hydrogen-bond donors (Lipinski definition) is 0. The number of rotatable bonds is 3. The first-order valence-corrected chi connectivity index (χ1v) is 7.97. The van der Waals surface area contributed by atoms with Crippen LogP contribution in [0.25, 0.3) is 0 Å². The van der Waals surface area contributed by atoms with E-state index >= 15 is 0 Å². The Hall–Kier alpha value is -1.76. The van der Waals surface area contributed by atoms with Crippen LogP contribution in [-0.2, 0) is 6.42 Å². The minimum absolute atomic E-state index is 1.00. The fourth-order valence-corrected chi connectivity index (χ4v) is 2.00. The molecule has 2 aromatic carbocycles. The quantitative estimate of drug-likeness (QED) is 0.698. The van der Waals surface area contributed by atoms with E-state index in [9.17, 15) is 0 Å². The number of anilines is 1. The molecule has 0 radical (unpaired) electrons. The van der Waals surface area contributed by atoms with E-state index in [4.69, 9.17) is 0 Å². The van der Waals surface area contributed by atoms with Gasteiger partial charge in [-0.05, 0) is 36.6 Å². The Morgan fingerprint density at radius 1 is 0.762 bits per heavy atom. The van der Waals surface area contributed by atoms with Crippen LogP contribution >= 0.6 is 0 Å². The molecule has 21 heavy (non-hydrogen) atoms. The summed E-state index contributed by atoms with van der Waals surface area (Å²) in [7, 11) is 4.15. The van der Waals surface area contributed by atoms with Crippen LogP contribution in [0.15, 0.2) is 48.5 Å². The molecule has 0 aliphatic heterocycles. The van der Waals surface area contributed by atoms with Gasteiger partial charge in [0.25, 0.3) is 0 Å². The van der Waals surface area contributed by atoms with Gasteiger partial charge in [-0.25, -0.2) is 0 Å². The standard InChI is InChI=1S/C16H19N.2C2H6/c1-13-6-4-7-14(10-13)11-15-8-5-9-16(12-15)17(2)3;2*1-2/h4-10,12H,11H2,1-3H3;2*1-2H3. The van der Waals surface area contributed by atoms with Crippen LogP contribution in [-0.4, -0.2) is 14.1 Å². The van der Waals surface area contributed by atoms with E-state index in [1.165, 1.54) is 22.4 Å². The molecule has 2 rings (SSSR count). The molecule has 0 heterocycles. The Morgan fingerprint density at radius 2 is 1.29 bits per heavy atom. The molecule has 0 spiro atoms. The van der Waals surface area contributed by atoms with E-state index in [-0.39, 0.29) is 0 Å². The van der Waals surface area contributed by atoms with Crippen molar-refractivity contribution in [2.75, 3.05) is 19.0 Å². The molecule has 0 saturated carbocycles. The van der Waals surface area contributed by atoms with Crippen LogP contribution in [0.5, 0.6) is 0 Å². The molecule has 0 atom stereocenters. The summed E-state index contributed by atoms with van der Waals surface area (Å²) in [6, 6.07) is 17.4. The molecule has 0 aliphatic carbocycles. The summed E-state index contributed by atoms with van der Waals surface area (Å²) in [5, 5.41) is 0. The first kappa shape index (κ1) is 19.2. The number of aryl methyl sites for hydroxylation is 1. The van der Waals surface area contributed by atoms with Crippen LogP contribution in [0.3, 0.4) is 0 Å². The lowest BCUT2D eigenvalue weighted by atomic mass is 10.0. The van der Waals surface area contributed by atoms with Gasteiger partial charge in [0.2, 0.25) is 0 Å². The van der Waals surface area contributed by atoms with Crippen molar-refractivity contribution in [2.24, 2.45) is 0 Å². The summed E-state index contributed by atoms with van der Waals surface area (Å²) in [5.41, 5.74) is 5.32. The Labute approximate surface area is 131 Å². The van der Waals surface area contributed by atoms with Gasteiger partial charge in [-0.2, -0.15) is 0 Å². The lowest BCUT2D eigenvalue weighted by molar-refractivity contribution is 1.11. The van der Waals surface area contributed by atoms with E-state index in [0.717, 1.165) is 6.42 Å². The normalized spacial score (nSPS) is 8.90. The van der Waals surface area contributed by atoms with Crippen molar-refractivity contribution in [3.8, 4) is 0 Å². The number of nitrogens with zero attached hydrogens (tertiary/aromatic N) is 1. The molecule has 0 unspecified atom stereocenters. The van der Waals surface area contributed by atoms with Gasteiger partial charge in [-0.1, -0.05) is 69.7 Å². The van der Waals surface area contributed by atoms with Gasteiger partial charge in [0, 0.05) is 19.8 Å². The monoisotopic (exact) mass is 285 g/mol. The van der Waals surface area contributed by atoms with Crippen molar-refractivity contribution < 1.29 is 0 Å². The second-order valence-electron chi connectivity index (χ2n) is 4.73. The summed E-state index contributed by atoms with van der Waals surface area (Å²) < 4.78 is 0. The molecule has 1 nitrogen and oxygen atoms in total. The molecular weight excluding hydrogens is 254 g/mol. The predicted octanol–water partition coefficient (Wildman–Crippen LogP) is 5.70. The van der Waals surface area contributed by atoms with E-state index in [0.29, 0.717) is 0 Å². The first-order valence-electron chi connectivity index (χ1n) is 7.97. The maximum atomic E-state index is 2.25. The zero-order chi connectivity index (χ0) is 16.3. The van der Waals surface area contributed by atoms with Crippen molar-refractivity contribution in [1.29, 1.82) is 0 Å². The van der Waals surface area contributed by atoms with E-state index in [2.05, 4.69) is 74.4 Å². The summed E-state index contributed by atoms with van der Waals surface area (Å²) in [5.74, 6) is 0. The zero-order valence-corrected chi connectivity index (χ0v) is 14.8. The highest BCUT2D eigenvalue weighted by molar-refractivity contribution is 5.48. The van der Waals surface area contributed by atoms with Crippen LogP contribution in [0.1, 0.15) is 44.4 Å². The smallest absolute Gasteiger partial charge is 0.0363 e. The SMILES string of the molecule is CC.CC.Cc1cccc(Cc2cccc(N(C)C)c2)c1. The summed E-state index contributed by atoms with van der Waals surface area (Å²) in [4.78, 5) is 2.14. The van der Waals surface area contributed by atoms with Gasteiger partial charge >= 0.3 is 0 Å². The van der Waals surface area contributed by atoms with Crippen LogP contribution in [0.4, 0.5) is 5.69 Å². The van der Waals surface area contributed by atoms with Gasteiger partial charge in [0.15, 0.2) is 0 Å². The summed E-state index contributed by atoms with van der Waals surface area (Å²) in [6.07, 6.45) is 1.00. The second kappa shape index (κ2) is 11.0. The topological polar surface area (TPSA) is 3.24 Å². The summed E-state index contributed by atoms with van der Waals surface area (Å²) >= 11 is 0. The van der Waals surface area contributed by atoms with Gasteiger partial charge in [-0.15, -0.1) is 0 Å². The number of hydrogen-bond acceptors (Lipinski definition) is 1. The third kappa shape index (κ3) is 6.99. The van der Waals surface area contributed by atoms with Crippen molar-refractivity contribution in [3.63, 3.8) is 0 Å². The van der Waals surface area contributed by atoms with Crippen LogP contribution in [0, 0.1) is 6.92 Å². The Morgan fingerprint density at radius 3 is 1.81 bits per heavy atom. The molecule has 116 valence electrons. The zero-order valence-electron chi connectivity index (χ0n) is 14.8. The third-order valence-electron chi connectivity index (χ3n) is 2.92. The van der Waals surface area contributed by atoms with Gasteiger partial charge in [0.05, 0.1) is 0 Å². The molecule has 0 aromatic heterocycles. The van der Waals surface area contributed by atoms with Crippen molar-refractivity contribution in [2.45, 2.75) is 41.0 Å². The first-order chi connectivity index (χ1) is 10.1. The highest BCUT2D eigenvalue weighted by Gasteiger charge is 1.99. The fraction of sp³-hybridized carbons (Fsp3) is 0.400. The summed E-state index contributed by atoms with van der Waals surface area (Å²) in [6.45, 7) is 10.1. The van der Waals surface area contributed by atoms with E-state index < -0.39 is 0 Å². The molecule has 0 N–H and O–H groups in total. The molecular formula is C20H31N. The molecule has 0 bridgehead atoms. The molecule has 1 heteroatoms. The van der Waals surface area contributed by atoms with Crippen molar-refractivity contribution in [3.05, 3.63) is 65.2 Å². The highest BCUT2D eigenvalue weighted by atomic mass is 15.1. The van der Waals surface area contributed by atoms with Crippen LogP contribution < -0.4 is 4.90 Å². The average Bonchev–Trinajstić information content (AvgIpc) is 2.51. The number of benzene rings is 2. The Bertz CT molecular complexity index is 501. The fourth-order valence-electron chi connectivity index (χ4n) is 2.00. The third-order valence-corrected chi connectivity index (χ3v) is 2.92. The molecule has 2 aromatic rings. The van der Waals surface area contributed by atoms with E-state index in [1.54, 1.807) is 0 Å². The van der Waals surface area contributed by atoms with Crippen molar-refractivity contribution in [1.82, 2.24) is 0 Å². The maximum Gasteiger partial charge on any atom is 0.0363 e. The Kier molecular flexibility index (Phi) is 10.0. The molecule has 0 aliphatic rings. The van der Waals surface area contributed by atoms with Crippen LogP contribution in [0.2, 0.25) is 0 Å². The van der Waals surface area contributed by atoms with Gasteiger partial charge < -0.3 is 4.90 Å². The lowest BCUT2D eigenvalue weighted by Crippen LogP contribution is -2.08. The Balaban J connectivity index is 0.000000921. The highest BCUT2D eigenvalue weighted by Crippen LogP contribution is 2.17. The minimum atomic E-state index is 1.00. The molecule has 0 amide bonds. The minimum Gasteiger partial charge on any atom is -0.378 e. The average molecular weight is 285 g/mol. The van der Waals surface area contributed by atoms with Crippen molar-refractivity contribution >= 4 is 5.69 Å². The molecule has 0 fully saturated rings. The van der Waals surface area contributed by atoms with Gasteiger partial charge in [0.1, 0.15) is 0 Å². The van der Waals surface area contributed by atoms with Gasteiger partial charge in [-0.3, -0.25) is 0 Å². The largest absolute Gasteiger partial charge is 0.378 e. The predicted molar refractivity (Wildman–Crippen MR) is 97.5 cm³/mol. The van der Waals surface area contributed by atoms with E-state index in [1.807, 2.05) is 27.7 Å². The lowest BCUT2D eigenvalue weighted by Gasteiger charge is -2.13. The second-order valence-corrected chi connectivity index (χ2v) is 4.73. The maximum absolute atomic E-state index is 2.25.